The van der Waals surface area contributed by atoms with Crippen molar-refractivity contribution in [1.29, 1.82) is 0 Å². The van der Waals surface area contributed by atoms with E-state index in [-0.39, 0.29) is 12.4 Å². The molecule has 0 aliphatic carbocycles. The van der Waals surface area contributed by atoms with Gasteiger partial charge in [0.05, 0.1) is 26.9 Å². The van der Waals surface area contributed by atoms with Crippen molar-refractivity contribution in [3.05, 3.63) is 33.4 Å². The topological polar surface area (TPSA) is 97.1 Å². The molecule has 1 heterocycles. The second-order valence-electron chi connectivity index (χ2n) is 5.09. The highest BCUT2D eigenvalue weighted by molar-refractivity contribution is 6.01. The van der Waals surface area contributed by atoms with Gasteiger partial charge in [-0.05, 0) is 37.5 Å². The van der Waals surface area contributed by atoms with Gasteiger partial charge in [-0.15, -0.1) is 10.1 Å². The van der Waals surface area contributed by atoms with Crippen molar-refractivity contribution in [2.24, 2.45) is 0 Å². The highest BCUT2D eigenvalue weighted by Crippen LogP contribution is 2.34. The maximum absolute atomic E-state index is 12.1. The molecule has 0 amide bonds. The van der Waals surface area contributed by atoms with E-state index in [0.717, 1.165) is 5.56 Å². The summed E-state index contributed by atoms with van der Waals surface area (Å²) in [5.74, 6) is 0.924. The van der Waals surface area contributed by atoms with Gasteiger partial charge in [0.2, 0.25) is 0 Å². The summed E-state index contributed by atoms with van der Waals surface area (Å²) in [5.41, 5.74) is 1.35. The predicted molar refractivity (Wildman–Crippen MR) is 79.3 cm³/mol. The molecule has 1 aliphatic rings. The van der Waals surface area contributed by atoms with E-state index in [1.807, 2.05) is 0 Å². The van der Waals surface area contributed by atoms with E-state index in [2.05, 4.69) is 4.84 Å². The number of ether oxygens (including phenoxy) is 3. The smallest absolute Gasteiger partial charge is 0.294 e. The molecular weight excluding hydrogens is 306 g/mol. The van der Waals surface area contributed by atoms with E-state index in [4.69, 9.17) is 14.2 Å². The number of nitrogens with zero attached hydrogens (tertiary/aromatic N) is 1. The highest BCUT2D eigenvalue weighted by atomic mass is 16.9. The van der Waals surface area contributed by atoms with E-state index in [1.165, 1.54) is 7.11 Å². The highest BCUT2D eigenvalue weighted by Gasteiger charge is 2.26. The average Bonchev–Trinajstić information content (AvgIpc) is 2.53. The van der Waals surface area contributed by atoms with E-state index in [9.17, 15) is 14.9 Å². The second-order valence-corrected chi connectivity index (χ2v) is 5.09. The van der Waals surface area contributed by atoms with Crippen LogP contribution in [-0.2, 0) is 16.2 Å². The number of Topliss-reactive ketones (excluding diaryl/α,β-unsaturated/α-hetero) is 1. The Labute approximate surface area is 133 Å². The third kappa shape index (κ3) is 4.32. The van der Waals surface area contributed by atoms with Gasteiger partial charge in [-0.1, -0.05) is 0 Å². The number of carbonyl (C=O) groups excluding carboxylic acids is 1. The van der Waals surface area contributed by atoms with E-state index < -0.39 is 11.2 Å². The summed E-state index contributed by atoms with van der Waals surface area (Å²) in [5, 5.41) is 9.21. The minimum Gasteiger partial charge on any atom is -0.493 e. The summed E-state index contributed by atoms with van der Waals surface area (Å²) >= 11 is 0. The number of unbranched alkanes of at least 4 members (excludes halogenated alkanes) is 1. The molecule has 0 saturated carbocycles. The summed E-state index contributed by atoms with van der Waals surface area (Å²) < 4.78 is 16.3. The summed E-state index contributed by atoms with van der Waals surface area (Å²) in [6, 6.07) is 3.41. The lowest BCUT2D eigenvalue weighted by Gasteiger charge is -2.23. The minimum absolute atomic E-state index is 0.0396. The third-order valence-electron chi connectivity index (χ3n) is 3.51. The molecule has 2 rings (SSSR count). The van der Waals surface area contributed by atoms with Crippen LogP contribution >= 0.6 is 0 Å². The van der Waals surface area contributed by atoms with Crippen molar-refractivity contribution in [3.63, 3.8) is 0 Å². The maximum Gasteiger partial charge on any atom is 0.294 e. The van der Waals surface area contributed by atoms with Crippen LogP contribution in [0, 0.1) is 10.1 Å². The Kier molecular flexibility index (Phi) is 5.75. The molecule has 0 aromatic heterocycles. The summed E-state index contributed by atoms with van der Waals surface area (Å²) in [4.78, 5) is 26.3. The summed E-state index contributed by atoms with van der Waals surface area (Å²) in [6.45, 7) is 2.47. The Morgan fingerprint density at radius 1 is 1.30 bits per heavy atom. The Hall–Kier alpha value is -2.35. The van der Waals surface area contributed by atoms with Crippen molar-refractivity contribution in [2.75, 3.05) is 20.3 Å². The Balaban J connectivity index is 1.97. The Bertz CT molecular complexity index is 587. The summed E-state index contributed by atoms with van der Waals surface area (Å²) in [6.07, 6.45) is 0.647. The van der Waals surface area contributed by atoms with Gasteiger partial charge in [0.25, 0.3) is 5.09 Å². The normalized spacial score (nSPS) is 16.6. The molecule has 0 radical (unpaired) electrons. The van der Waals surface area contributed by atoms with E-state index in [0.29, 0.717) is 43.1 Å². The zero-order valence-electron chi connectivity index (χ0n) is 13.1. The van der Waals surface area contributed by atoms with Crippen molar-refractivity contribution in [3.8, 4) is 11.5 Å². The number of ketones is 1. The largest absolute Gasteiger partial charge is 0.493 e. The lowest BCUT2D eigenvalue weighted by molar-refractivity contribution is -0.757. The molecule has 0 bridgehead atoms. The third-order valence-corrected chi connectivity index (χ3v) is 3.51. The number of fused-ring (bicyclic) bond motifs is 1. The Morgan fingerprint density at radius 2 is 2.04 bits per heavy atom. The number of hydrogen-bond acceptors (Lipinski definition) is 7. The monoisotopic (exact) mass is 325 g/mol. The van der Waals surface area contributed by atoms with E-state index in [1.54, 1.807) is 19.1 Å². The molecular formula is C15H19NO7. The zero-order valence-corrected chi connectivity index (χ0v) is 13.1. The predicted octanol–water partition coefficient (Wildman–Crippen LogP) is 2.16. The van der Waals surface area contributed by atoms with Gasteiger partial charge in [-0.3, -0.25) is 4.79 Å². The lowest BCUT2D eigenvalue weighted by Crippen LogP contribution is -2.27. The summed E-state index contributed by atoms with van der Waals surface area (Å²) in [7, 11) is 1.51. The molecule has 1 aliphatic heterocycles. The number of rotatable bonds is 8. The van der Waals surface area contributed by atoms with Crippen LogP contribution in [0.15, 0.2) is 12.1 Å². The fourth-order valence-corrected chi connectivity index (χ4v) is 2.26. The SMILES string of the molecule is COc1cc2c(cc1OCCCCO[N+](=O)[O-])COC(C)C2=O. The zero-order chi connectivity index (χ0) is 16.8. The van der Waals surface area contributed by atoms with Crippen molar-refractivity contribution >= 4 is 5.78 Å². The van der Waals surface area contributed by atoms with Gasteiger partial charge >= 0.3 is 0 Å². The molecule has 8 nitrogen and oxygen atoms in total. The Morgan fingerprint density at radius 3 is 2.74 bits per heavy atom. The first kappa shape index (κ1) is 17.0. The molecule has 1 unspecified atom stereocenters. The van der Waals surface area contributed by atoms with Crippen LogP contribution in [0.5, 0.6) is 11.5 Å². The van der Waals surface area contributed by atoms with Crippen molar-refractivity contribution in [1.82, 2.24) is 0 Å². The number of methoxy groups -OCH3 is 1. The van der Waals surface area contributed by atoms with Crippen LogP contribution in [0.4, 0.5) is 0 Å². The lowest BCUT2D eigenvalue weighted by atomic mass is 9.97. The van der Waals surface area contributed by atoms with E-state index >= 15 is 0 Å². The van der Waals surface area contributed by atoms with Crippen LogP contribution in [0.3, 0.4) is 0 Å². The fourth-order valence-electron chi connectivity index (χ4n) is 2.26. The van der Waals surface area contributed by atoms with Gasteiger partial charge < -0.3 is 19.0 Å². The van der Waals surface area contributed by atoms with Gasteiger partial charge in [0.1, 0.15) is 6.10 Å². The van der Waals surface area contributed by atoms with Crippen LogP contribution in [-0.4, -0.2) is 37.3 Å². The van der Waals surface area contributed by atoms with Gasteiger partial charge in [0, 0.05) is 5.56 Å². The molecule has 0 spiro atoms. The fraction of sp³-hybridized carbons (Fsp3) is 0.533. The first-order valence-electron chi connectivity index (χ1n) is 7.29. The van der Waals surface area contributed by atoms with Crippen LogP contribution < -0.4 is 9.47 Å². The molecule has 23 heavy (non-hydrogen) atoms. The molecule has 0 saturated heterocycles. The first-order valence-corrected chi connectivity index (χ1v) is 7.29. The first-order chi connectivity index (χ1) is 11.0. The molecule has 1 aromatic carbocycles. The number of benzene rings is 1. The molecule has 126 valence electrons. The quantitative estimate of drug-likeness (QED) is 0.410. The standard InChI is InChI=1S/C15H19NO7/c1-10-15(17)12-8-13(20-2)14(7-11(12)9-22-10)21-5-3-4-6-23-16(18)19/h7-8,10H,3-6,9H2,1-2H3. The number of carbonyl (C=O) groups is 1. The van der Waals surface area contributed by atoms with Gasteiger partial charge in [-0.25, -0.2) is 0 Å². The molecule has 0 fully saturated rings. The van der Waals surface area contributed by atoms with Crippen molar-refractivity contribution in [2.45, 2.75) is 32.5 Å². The molecule has 0 N–H and O–H groups in total. The molecule has 1 aromatic rings. The molecule has 1 atom stereocenters. The van der Waals surface area contributed by atoms with Crippen LogP contribution in [0.1, 0.15) is 35.7 Å². The van der Waals surface area contributed by atoms with Crippen molar-refractivity contribution < 1.29 is 28.9 Å². The minimum atomic E-state index is -0.814. The maximum atomic E-state index is 12.1. The van der Waals surface area contributed by atoms with Gasteiger partial charge in [-0.2, -0.15) is 0 Å². The second kappa shape index (κ2) is 7.77. The average molecular weight is 325 g/mol. The van der Waals surface area contributed by atoms with Crippen LogP contribution in [0.2, 0.25) is 0 Å². The molecule has 8 heteroatoms. The number of hydrogen-bond donors (Lipinski definition) is 0. The van der Waals surface area contributed by atoms with Crippen LogP contribution in [0.25, 0.3) is 0 Å². The van der Waals surface area contributed by atoms with Gasteiger partial charge in [0.15, 0.2) is 17.3 Å².